The van der Waals surface area contributed by atoms with Gasteiger partial charge in [-0.05, 0) is 31.2 Å². The largest absolute Gasteiger partial charge is 0.396 e. The van der Waals surface area contributed by atoms with Gasteiger partial charge in [-0.1, -0.05) is 40.9 Å². The summed E-state index contributed by atoms with van der Waals surface area (Å²) >= 11 is 11.7. The van der Waals surface area contributed by atoms with Crippen LogP contribution in [0, 0.1) is 6.92 Å². The molecule has 7 heteroatoms. The fourth-order valence-electron chi connectivity index (χ4n) is 1.57. The van der Waals surface area contributed by atoms with E-state index in [9.17, 15) is 8.42 Å². The predicted octanol–water partition coefficient (Wildman–Crippen LogP) is 3.68. The van der Waals surface area contributed by atoms with Crippen LogP contribution in [0.5, 0.6) is 0 Å². The van der Waals surface area contributed by atoms with Gasteiger partial charge in [0.2, 0.25) is 0 Å². The van der Waals surface area contributed by atoms with E-state index >= 15 is 0 Å². The van der Waals surface area contributed by atoms with Crippen molar-refractivity contribution in [1.29, 1.82) is 0 Å². The van der Waals surface area contributed by atoms with Crippen molar-refractivity contribution in [2.45, 2.75) is 11.8 Å². The maximum Gasteiger partial charge on any atom is 0.261 e. The highest BCUT2D eigenvalue weighted by molar-refractivity contribution is 7.92. The second-order valence-electron chi connectivity index (χ2n) is 4.27. The van der Waals surface area contributed by atoms with E-state index in [1.54, 1.807) is 12.1 Å². The summed E-state index contributed by atoms with van der Waals surface area (Å²) in [4.78, 5) is 0.159. The zero-order valence-electron chi connectivity index (χ0n) is 10.5. The van der Waals surface area contributed by atoms with Crippen LogP contribution in [-0.4, -0.2) is 8.42 Å². The summed E-state index contributed by atoms with van der Waals surface area (Å²) in [6.07, 6.45) is 0. The summed E-state index contributed by atoms with van der Waals surface area (Å²) in [5.41, 5.74) is 7.05. The van der Waals surface area contributed by atoms with Crippen molar-refractivity contribution in [3.05, 3.63) is 52.0 Å². The quantitative estimate of drug-likeness (QED) is 0.843. The Kier molecular flexibility index (Phi) is 4.13. The highest BCUT2D eigenvalue weighted by Crippen LogP contribution is 2.32. The fourth-order valence-corrected chi connectivity index (χ4v) is 3.10. The summed E-state index contributed by atoms with van der Waals surface area (Å²) in [6, 6.07) is 9.31. The minimum Gasteiger partial charge on any atom is -0.396 e. The molecule has 106 valence electrons. The van der Waals surface area contributed by atoms with Crippen molar-refractivity contribution in [1.82, 2.24) is 0 Å². The monoisotopic (exact) mass is 330 g/mol. The maximum absolute atomic E-state index is 12.2. The molecule has 0 atom stereocenters. The third kappa shape index (κ3) is 3.17. The molecule has 4 nitrogen and oxygen atoms in total. The van der Waals surface area contributed by atoms with Crippen LogP contribution >= 0.6 is 23.2 Å². The average molecular weight is 331 g/mol. The Morgan fingerprint density at radius 2 is 1.55 bits per heavy atom. The molecule has 0 bridgehead atoms. The van der Waals surface area contributed by atoms with Crippen molar-refractivity contribution in [3.63, 3.8) is 0 Å². The number of nitrogens with one attached hydrogen (secondary N) is 1. The van der Waals surface area contributed by atoms with Crippen LogP contribution in [-0.2, 0) is 10.0 Å². The Hall–Kier alpha value is -1.43. The van der Waals surface area contributed by atoms with Crippen LogP contribution < -0.4 is 10.5 Å². The zero-order valence-corrected chi connectivity index (χ0v) is 12.9. The van der Waals surface area contributed by atoms with Gasteiger partial charge in [-0.2, -0.15) is 0 Å². The summed E-state index contributed by atoms with van der Waals surface area (Å²) in [5.74, 6) is 0. The van der Waals surface area contributed by atoms with Gasteiger partial charge in [0, 0.05) is 0 Å². The molecule has 3 N–H and O–H groups in total. The number of halogens is 2. The van der Waals surface area contributed by atoms with Gasteiger partial charge in [-0.15, -0.1) is 0 Å². The summed E-state index contributed by atoms with van der Waals surface area (Å²) in [6.45, 7) is 1.88. The molecule has 0 saturated heterocycles. The zero-order chi connectivity index (χ0) is 14.9. The van der Waals surface area contributed by atoms with Crippen LogP contribution in [0.25, 0.3) is 0 Å². The molecule has 0 aliphatic rings. The predicted molar refractivity (Wildman–Crippen MR) is 82.9 cm³/mol. The molecule has 20 heavy (non-hydrogen) atoms. The van der Waals surface area contributed by atoms with Crippen molar-refractivity contribution in [2.75, 3.05) is 10.5 Å². The lowest BCUT2D eigenvalue weighted by atomic mass is 10.2. The molecule has 0 aliphatic carbocycles. The Morgan fingerprint density at radius 3 is 2.05 bits per heavy atom. The van der Waals surface area contributed by atoms with Crippen molar-refractivity contribution >= 4 is 44.6 Å². The van der Waals surface area contributed by atoms with E-state index in [1.807, 2.05) is 6.92 Å². The Labute approximate surface area is 127 Å². The molecule has 0 spiro atoms. The van der Waals surface area contributed by atoms with E-state index in [1.165, 1.54) is 24.3 Å². The first-order valence-corrected chi connectivity index (χ1v) is 7.87. The molecule has 0 heterocycles. The molecule has 0 aromatic heterocycles. The first-order valence-electron chi connectivity index (χ1n) is 5.63. The Balaban J connectivity index is 2.36. The normalized spacial score (nSPS) is 11.3. The van der Waals surface area contributed by atoms with Gasteiger partial charge in [-0.25, -0.2) is 8.42 Å². The third-order valence-electron chi connectivity index (χ3n) is 2.66. The Bertz CT molecular complexity index is 720. The minimum absolute atomic E-state index is 0.159. The second kappa shape index (κ2) is 5.52. The molecular formula is C13H12Cl2N2O2S. The number of aryl methyl sites for hydroxylation is 1. The van der Waals surface area contributed by atoms with Gasteiger partial charge >= 0.3 is 0 Å². The first kappa shape index (κ1) is 15.0. The second-order valence-corrected chi connectivity index (χ2v) is 6.77. The van der Waals surface area contributed by atoms with Gasteiger partial charge in [0.15, 0.2) is 0 Å². The topological polar surface area (TPSA) is 72.2 Å². The molecule has 0 radical (unpaired) electrons. The summed E-state index contributed by atoms with van der Waals surface area (Å²) in [5, 5.41) is 0.387. The highest BCUT2D eigenvalue weighted by Gasteiger charge is 2.15. The molecular weight excluding hydrogens is 319 g/mol. The fraction of sp³-hybridized carbons (Fsp3) is 0.0769. The molecule has 0 aliphatic heterocycles. The van der Waals surface area contributed by atoms with Crippen LogP contribution in [0.15, 0.2) is 41.3 Å². The van der Waals surface area contributed by atoms with E-state index in [0.717, 1.165) is 5.56 Å². The molecule has 2 aromatic carbocycles. The number of nitrogens with two attached hydrogens (primary N) is 1. The lowest BCUT2D eigenvalue weighted by Crippen LogP contribution is -2.13. The minimum atomic E-state index is -3.68. The van der Waals surface area contributed by atoms with Gasteiger partial charge in [0.25, 0.3) is 10.0 Å². The van der Waals surface area contributed by atoms with Crippen LogP contribution in [0.4, 0.5) is 11.4 Å². The van der Waals surface area contributed by atoms with Crippen molar-refractivity contribution in [3.8, 4) is 0 Å². The van der Waals surface area contributed by atoms with E-state index in [4.69, 9.17) is 28.9 Å². The Morgan fingerprint density at radius 1 is 1.05 bits per heavy atom. The smallest absolute Gasteiger partial charge is 0.261 e. The number of rotatable bonds is 3. The molecule has 0 amide bonds. The van der Waals surface area contributed by atoms with Crippen LogP contribution in [0.1, 0.15) is 5.56 Å². The van der Waals surface area contributed by atoms with Gasteiger partial charge in [-0.3, -0.25) is 4.72 Å². The van der Waals surface area contributed by atoms with Gasteiger partial charge < -0.3 is 5.73 Å². The summed E-state index contributed by atoms with van der Waals surface area (Å²) < 4.78 is 26.8. The van der Waals surface area contributed by atoms with Crippen molar-refractivity contribution in [2.24, 2.45) is 0 Å². The van der Waals surface area contributed by atoms with Crippen LogP contribution in [0.3, 0.4) is 0 Å². The average Bonchev–Trinajstić information content (AvgIpc) is 2.36. The third-order valence-corrected chi connectivity index (χ3v) is 4.69. The molecule has 2 aromatic rings. The highest BCUT2D eigenvalue weighted by atomic mass is 35.5. The van der Waals surface area contributed by atoms with E-state index in [2.05, 4.69) is 4.72 Å². The van der Waals surface area contributed by atoms with Gasteiger partial charge in [0.1, 0.15) is 0 Å². The number of sulfonamides is 1. The lowest BCUT2D eigenvalue weighted by molar-refractivity contribution is 0.601. The number of hydrogen-bond acceptors (Lipinski definition) is 3. The molecule has 0 saturated carbocycles. The van der Waals surface area contributed by atoms with E-state index < -0.39 is 10.0 Å². The maximum atomic E-state index is 12.2. The van der Waals surface area contributed by atoms with Crippen LogP contribution in [0.2, 0.25) is 10.0 Å². The summed E-state index contributed by atoms with van der Waals surface area (Å²) in [7, 11) is -3.68. The molecule has 0 unspecified atom stereocenters. The standard InChI is InChI=1S/C13H12Cl2N2O2S/c1-8-2-4-10(5-3-8)20(18,19)17-9-6-11(14)13(16)12(15)7-9/h2-7,17H,16H2,1H3. The number of hydrogen-bond donors (Lipinski definition) is 2. The first-order chi connectivity index (χ1) is 9.29. The lowest BCUT2D eigenvalue weighted by Gasteiger charge is -2.10. The number of nitrogen functional groups attached to an aromatic ring is 1. The van der Waals surface area contributed by atoms with Crippen molar-refractivity contribution < 1.29 is 8.42 Å². The number of anilines is 2. The van der Waals surface area contributed by atoms with Gasteiger partial charge in [0.05, 0.1) is 26.3 Å². The molecule has 2 rings (SSSR count). The number of benzene rings is 2. The van der Waals surface area contributed by atoms with E-state index in [-0.39, 0.29) is 26.3 Å². The SMILES string of the molecule is Cc1ccc(S(=O)(=O)Nc2cc(Cl)c(N)c(Cl)c2)cc1. The van der Waals surface area contributed by atoms with E-state index in [0.29, 0.717) is 0 Å². The molecule has 0 fully saturated rings.